The van der Waals surface area contributed by atoms with Crippen LogP contribution in [0.2, 0.25) is 0 Å². The van der Waals surface area contributed by atoms with Crippen molar-refractivity contribution in [1.82, 2.24) is 4.57 Å². The van der Waals surface area contributed by atoms with Gasteiger partial charge in [0.25, 0.3) is 0 Å². The predicted octanol–water partition coefficient (Wildman–Crippen LogP) is 13.7. The van der Waals surface area contributed by atoms with Crippen LogP contribution in [-0.4, -0.2) is 4.57 Å². The van der Waals surface area contributed by atoms with Crippen LogP contribution >= 0.6 is 0 Å². The van der Waals surface area contributed by atoms with Gasteiger partial charge in [-0.15, -0.1) is 0 Å². The summed E-state index contributed by atoms with van der Waals surface area (Å²) in [6.45, 7) is 0. The predicted molar refractivity (Wildman–Crippen MR) is 222 cm³/mol. The SMILES string of the molecule is C1=Cc2cc3oc4ccccc4c3cc2C(c2ccc(-c3ccccc3)cc2)c2ccc(-c3ccc4c(c3)c3ccccc3n4-c3ccccc3)cc21. The number of rotatable bonds is 4. The summed E-state index contributed by atoms with van der Waals surface area (Å²) < 4.78 is 8.75. The number of hydrogen-bond acceptors (Lipinski definition) is 1. The fourth-order valence-electron chi connectivity index (χ4n) is 8.57. The van der Waals surface area contributed by atoms with Gasteiger partial charge < -0.3 is 8.98 Å². The second kappa shape index (κ2) is 11.8. The Labute approximate surface area is 307 Å². The minimum Gasteiger partial charge on any atom is -0.456 e. The number of nitrogens with zero attached hydrogens (tertiary/aromatic N) is 1. The van der Waals surface area contributed by atoms with Gasteiger partial charge in [0.1, 0.15) is 11.2 Å². The molecule has 2 nitrogen and oxygen atoms in total. The molecule has 0 fully saturated rings. The van der Waals surface area contributed by atoms with E-state index >= 15 is 0 Å². The molecular formula is C51H33NO. The number of para-hydroxylation sites is 3. The van der Waals surface area contributed by atoms with E-state index in [0.717, 1.165) is 21.9 Å². The first-order valence-electron chi connectivity index (χ1n) is 18.3. The Morgan fingerprint density at radius 1 is 0.377 bits per heavy atom. The maximum Gasteiger partial charge on any atom is 0.136 e. The van der Waals surface area contributed by atoms with Crippen molar-refractivity contribution in [1.29, 1.82) is 0 Å². The normalized spacial score (nSPS) is 13.8. The monoisotopic (exact) mass is 675 g/mol. The Bertz CT molecular complexity index is 3040. The van der Waals surface area contributed by atoms with Crippen molar-refractivity contribution in [2.45, 2.75) is 5.92 Å². The van der Waals surface area contributed by atoms with Crippen molar-refractivity contribution in [3.05, 3.63) is 210 Å². The summed E-state index contributed by atoms with van der Waals surface area (Å²) in [6, 6.07) is 66.1. The zero-order chi connectivity index (χ0) is 34.9. The average Bonchev–Trinajstić information content (AvgIpc) is 3.70. The molecule has 10 aromatic rings. The molecule has 1 aliphatic carbocycles. The van der Waals surface area contributed by atoms with Crippen molar-refractivity contribution >= 4 is 55.9 Å². The Morgan fingerprint density at radius 2 is 1.00 bits per heavy atom. The van der Waals surface area contributed by atoms with E-state index in [1.54, 1.807) is 0 Å². The van der Waals surface area contributed by atoms with E-state index < -0.39 is 0 Å². The molecule has 0 aliphatic heterocycles. The first kappa shape index (κ1) is 29.8. The molecule has 8 aromatic carbocycles. The quantitative estimate of drug-likeness (QED) is 0.182. The number of aromatic nitrogens is 1. The van der Waals surface area contributed by atoms with Gasteiger partial charge in [-0.1, -0.05) is 140 Å². The number of hydrogen-bond donors (Lipinski definition) is 0. The minimum atomic E-state index is 0.0401. The smallest absolute Gasteiger partial charge is 0.136 e. The molecule has 53 heavy (non-hydrogen) atoms. The Balaban J connectivity index is 1.08. The van der Waals surface area contributed by atoms with Gasteiger partial charge in [-0.2, -0.15) is 0 Å². The highest BCUT2D eigenvalue weighted by Gasteiger charge is 2.26. The van der Waals surface area contributed by atoms with Crippen LogP contribution in [0.15, 0.2) is 186 Å². The van der Waals surface area contributed by atoms with Crippen LogP contribution in [0.5, 0.6) is 0 Å². The molecule has 1 unspecified atom stereocenters. The summed E-state index contributed by atoms with van der Waals surface area (Å²) in [5.74, 6) is 0.0401. The van der Waals surface area contributed by atoms with Crippen LogP contribution in [-0.2, 0) is 0 Å². The highest BCUT2D eigenvalue weighted by Crippen LogP contribution is 2.44. The second-order valence-corrected chi connectivity index (χ2v) is 14.1. The lowest BCUT2D eigenvalue weighted by atomic mass is 9.81. The first-order valence-corrected chi connectivity index (χ1v) is 18.3. The van der Waals surface area contributed by atoms with Crippen LogP contribution in [0.25, 0.3) is 83.8 Å². The first-order chi connectivity index (χ1) is 26.3. The summed E-state index contributed by atoms with van der Waals surface area (Å²) in [5, 5.41) is 4.82. The van der Waals surface area contributed by atoms with Gasteiger partial charge in [0.15, 0.2) is 0 Å². The van der Waals surface area contributed by atoms with Gasteiger partial charge in [-0.25, -0.2) is 0 Å². The summed E-state index contributed by atoms with van der Waals surface area (Å²) in [4.78, 5) is 0. The maximum atomic E-state index is 6.38. The molecule has 0 bridgehead atoms. The molecule has 2 heterocycles. The summed E-state index contributed by atoms with van der Waals surface area (Å²) in [7, 11) is 0. The summed E-state index contributed by atoms with van der Waals surface area (Å²) in [5.41, 5.74) is 16.6. The molecule has 1 atom stereocenters. The van der Waals surface area contributed by atoms with Crippen molar-refractivity contribution in [3.8, 4) is 27.9 Å². The Morgan fingerprint density at radius 3 is 1.83 bits per heavy atom. The highest BCUT2D eigenvalue weighted by atomic mass is 16.3. The van der Waals surface area contributed by atoms with Crippen LogP contribution in [0.4, 0.5) is 0 Å². The summed E-state index contributed by atoms with van der Waals surface area (Å²) in [6.07, 6.45) is 4.57. The molecule has 11 rings (SSSR count). The third-order valence-corrected chi connectivity index (χ3v) is 11.1. The highest BCUT2D eigenvalue weighted by molar-refractivity contribution is 6.10. The fourth-order valence-corrected chi connectivity index (χ4v) is 8.57. The molecule has 2 heteroatoms. The van der Waals surface area contributed by atoms with E-state index in [1.807, 2.05) is 6.07 Å². The van der Waals surface area contributed by atoms with Gasteiger partial charge in [0, 0.05) is 33.2 Å². The molecule has 1 aliphatic rings. The van der Waals surface area contributed by atoms with E-state index in [4.69, 9.17) is 4.42 Å². The zero-order valence-corrected chi connectivity index (χ0v) is 28.9. The van der Waals surface area contributed by atoms with E-state index in [-0.39, 0.29) is 5.92 Å². The van der Waals surface area contributed by atoms with Crippen LogP contribution in [0.1, 0.15) is 33.7 Å². The second-order valence-electron chi connectivity index (χ2n) is 14.1. The lowest BCUT2D eigenvalue weighted by Gasteiger charge is -2.22. The Kier molecular flexibility index (Phi) is 6.65. The van der Waals surface area contributed by atoms with Crippen molar-refractivity contribution in [2.24, 2.45) is 0 Å². The van der Waals surface area contributed by atoms with Gasteiger partial charge in [0.05, 0.1) is 11.0 Å². The molecule has 0 N–H and O–H groups in total. The molecule has 2 aromatic heterocycles. The largest absolute Gasteiger partial charge is 0.456 e. The topological polar surface area (TPSA) is 18.1 Å². The molecular weight excluding hydrogens is 643 g/mol. The third-order valence-electron chi connectivity index (χ3n) is 11.1. The number of fused-ring (bicyclic) bond motifs is 8. The van der Waals surface area contributed by atoms with E-state index in [9.17, 15) is 0 Å². The lowest BCUT2D eigenvalue weighted by Crippen LogP contribution is -2.06. The van der Waals surface area contributed by atoms with E-state index in [0.29, 0.717) is 0 Å². The molecule has 0 spiro atoms. The van der Waals surface area contributed by atoms with Crippen molar-refractivity contribution in [3.63, 3.8) is 0 Å². The van der Waals surface area contributed by atoms with Gasteiger partial charge in [0.2, 0.25) is 0 Å². The van der Waals surface area contributed by atoms with Crippen LogP contribution in [0, 0.1) is 0 Å². The van der Waals surface area contributed by atoms with Gasteiger partial charge in [-0.05, 0) is 105 Å². The molecule has 0 amide bonds. The van der Waals surface area contributed by atoms with Crippen molar-refractivity contribution < 1.29 is 4.42 Å². The number of furan rings is 1. The Hall–Kier alpha value is -6.90. The number of benzene rings is 8. The van der Waals surface area contributed by atoms with E-state index in [1.165, 1.54) is 77.6 Å². The zero-order valence-electron chi connectivity index (χ0n) is 28.9. The van der Waals surface area contributed by atoms with Crippen LogP contribution in [0.3, 0.4) is 0 Å². The molecule has 248 valence electrons. The average molecular weight is 676 g/mol. The lowest BCUT2D eigenvalue weighted by molar-refractivity contribution is 0.668. The minimum absolute atomic E-state index is 0.0401. The fraction of sp³-hybridized carbons (Fsp3) is 0.0196. The molecule has 0 saturated heterocycles. The maximum absolute atomic E-state index is 6.38. The van der Waals surface area contributed by atoms with Gasteiger partial charge in [-0.3, -0.25) is 0 Å². The third kappa shape index (κ3) is 4.80. The van der Waals surface area contributed by atoms with E-state index in [2.05, 4.69) is 193 Å². The summed E-state index contributed by atoms with van der Waals surface area (Å²) >= 11 is 0. The van der Waals surface area contributed by atoms with Gasteiger partial charge >= 0.3 is 0 Å². The standard InChI is InChI=1S/C51H33NO/c1-3-11-33(12-4-1)34-19-21-35(22-20-34)51-41-27-25-36(29-38(41)23-24-39-31-50-46(32-44(39)51)43-16-8-10-18-49(43)53-50)37-26-28-48-45(30-37)42-15-7-9-17-47(42)52(48)40-13-5-2-6-14-40/h1-32,51H. The molecule has 0 saturated carbocycles. The van der Waals surface area contributed by atoms with Crippen molar-refractivity contribution in [2.75, 3.05) is 0 Å². The van der Waals surface area contributed by atoms with Crippen LogP contribution < -0.4 is 0 Å². The molecule has 0 radical (unpaired) electrons.